The number of rotatable bonds is 0. The van der Waals surface area contributed by atoms with Gasteiger partial charge in [0.25, 0.3) is 0 Å². The van der Waals surface area contributed by atoms with Gasteiger partial charge < -0.3 is 25.1 Å². The molecule has 2 nitrogen and oxygen atoms in total. The molecule has 0 saturated heterocycles. The average Bonchev–Trinajstić information content (AvgIpc) is 1.50. The second-order valence-electron chi connectivity index (χ2n) is 0. The average molecular weight is 142 g/mol. The smallest absolute Gasteiger partial charge is 0.400 e. The quantitative estimate of drug-likeness (QED) is 0.372. The predicted octanol–water partition coefficient (Wildman–Crippen LogP) is 0.115. The van der Waals surface area contributed by atoms with Crippen LogP contribution in [0.15, 0.2) is 0 Å². The van der Waals surface area contributed by atoms with Crippen LogP contribution in [0.5, 0.6) is 0 Å². The monoisotopic (exact) mass is 142 g/mol. The van der Waals surface area contributed by atoms with Gasteiger partial charge >= 0.3 is 21.7 Å². The van der Waals surface area contributed by atoms with E-state index in [1.165, 1.54) is 0 Å². The van der Waals surface area contributed by atoms with Crippen LogP contribution >= 0.6 is 0 Å². The van der Waals surface area contributed by atoms with Crippen LogP contribution in [0.4, 0.5) is 0 Å². The van der Waals surface area contributed by atoms with Crippen molar-refractivity contribution in [2.45, 2.75) is 0 Å². The first-order chi connectivity index (χ1) is 2.00. The molecular weight excluding hydrogens is 128 g/mol. The Kier molecular flexibility index (Phi) is 3620. The summed E-state index contributed by atoms with van der Waals surface area (Å²) in [6.07, 6.45) is 0. The Balaban J connectivity index is -0.00000000267. The maximum atomic E-state index is 7.00. The summed E-state index contributed by atoms with van der Waals surface area (Å²) in [6.45, 7) is 0. The summed E-state index contributed by atoms with van der Waals surface area (Å²) in [5, 5.41) is 14.0. The van der Waals surface area contributed by atoms with Crippen LogP contribution in [-0.2, 0) is 21.7 Å². The third kappa shape index (κ3) is 354. The van der Waals surface area contributed by atoms with E-state index in [0.29, 0.717) is 0 Å². The zero-order valence-corrected chi connectivity index (χ0v) is 6.96. The van der Waals surface area contributed by atoms with Crippen LogP contribution in [0.3, 0.4) is 0 Å². The van der Waals surface area contributed by atoms with Crippen molar-refractivity contribution in [2.75, 3.05) is 14.2 Å². The normalized spacial score (nSPS) is 1.71. The van der Waals surface area contributed by atoms with E-state index in [1.807, 2.05) is 0 Å². The molecule has 0 heterocycles. The topological polar surface area (TPSA) is 40.5 Å². The van der Waals surface area contributed by atoms with E-state index in [4.69, 9.17) is 10.2 Å². The largest absolute Gasteiger partial charge is 2.00 e. The molecular formula is C4H14O2Ti. The van der Waals surface area contributed by atoms with Crippen LogP contribution < -0.4 is 0 Å². The van der Waals surface area contributed by atoms with Gasteiger partial charge in [0.15, 0.2) is 0 Å². The molecule has 46 valence electrons. The minimum Gasteiger partial charge on any atom is -0.400 e. The van der Waals surface area contributed by atoms with Gasteiger partial charge in [-0.05, 0) is 0 Å². The fourth-order valence-corrected chi connectivity index (χ4v) is 0. The first kappa shape index (κ1) is 48.4. The Hall–Kier alpha value is 0.634. The molecule has 0 amide bonds. The fourth-order valence-electron chi connectivity index (χ4n) is 0. The number of aliphatic hydroxyl groups is 2. The molecule has 0 aliphatic heterocycles. The molecule has 0 saturated carbocycles. The summed E-state index contributed by atoms with van der Waals surface area (Å²) in [6, 6.07) is 0. The SMILES string of the molecule is CO.CO.[CH3-].[CH3-].[Ti+2]. The molecule has 0 rings (SSSR count). The van der Waals surface area contributed by atoms with E-state index in [1.54, 1.807) is 0 Å². The Morgan fingerprint density at radius 3 is 0.714 bits per heavy atom. The van der Waals surface area contributed by atoms with Gasteiger partial charge in [-0.25, -0.2) is 0 Å². The molecule has 0 aliphatic rings. The Morgan fingerprint density at radius 2 is 0.714 bits per heavy atom. The van der Waals surface area contributed by atoms with Crippen LogP contribution in [0.2, 0.25) is 0 Å². The van der Waals surface area contributed by atoms with Crippen LogP contribution in [0.1, 0.15) is 0 Å². The van der Waals surface area contributed by atoms with Crippen molar-refractivity contribution in [1.29, 1.82) is 0 Å². The second-order valence-corrected chi connectivity index (χ2v) is 0. The van der Waals surface area contributed by atoms with E-state index in [9.17, 15) is 0 Å². The molecule has 0 aromatic rings. The zero-order valence-electron chi connectivity index (χ0n) is 5.39. The molecule has 7 heavy (non-hydrogen) atoms. The summed E-state index contributed by atoms with van der Waals surface area (Å²) in [5.74, 6) is 0. The van der Waals surface area contributed by atoms with Gasteiger partial charge in [-0.3, -0.25) is 0 Å². The fraction of sp³-hybridized carbons (Fsp3) is 0.500. The maximum Gasteiger partial charge on any atom is 2.00 e. The maximum absolute atomic E-state index is 7.00. The van der Waals surface area contributed by atoms with E-state index in [-0.39, 0.29) is 36.6 Å². The van der Waals surface area contributed by atoms with E-state index >= 15 is 0 Å². The standard InChI is InChI=1S/2CH4O.2CH3.Ti/c2*1-2;;;/h2*2H,1H3;2*1H3;/q;;2*-1;+2. The first-order valence-electron chi connectivity index (χ1n) is 0.894. The molecule has 0 fully saturated rings. The van der Waals surface area contributed by atoms with Gasteiger partial charge in [0.05, 0.1) is 0 Å². The third-order valence-electron chi connectivity index (χ3n) is 0. The van der Waals surface area contributed by atoms with Crippen molar-refractivity contribution in [3.63, 3.8) is 0 Å². The summed E-state index contributed by atoms with van der Waals surface area (Å²) >= 11 is 0. The Labute approximate surface area is 61.4 Å². The van der Waals surface area contributed by atoms with Gasteiger partial charge in [-0.2, -0.15) is 0 Å². The summed E-state index contributed by atoms with van der Waals surface area (Å²) in [7, 11) is 2.00. The third-order valence-corrected chi connectivity index (χ3v) is 0. The van der Waals surface area contributed by atoms with Crippen molar-refractivity contribution in [3.05, 3.63) is 14.9 Å². The van der Waals surface area contributed by atoms with Gasteiger partial charge in [-0.15, -0.1) is 0 Å². The minimum absolute atomic E-state index is 0. The second kappa shape index (κ2) is 523. The molecule has 0 unspecified atom stereocenters. The van der Waals surface area contributed by atoms with Gasteiger partial charge in [-0.1, -0.05) is 0 Å². The molecule has 0 aromatic heterocycles. The Morgan fingerprint density at radius 1 is 0.714 bits per heavy atom. The minimum atomic E-state index is 0. The van der Waals surface area contributed by atoms with Crippen molar-refractivity contribution < 1.29 is 31.9 Å². The van der Waals surface area contributed by atoms with Crippen molar-refractivity contribution >= 4 is 0 Å². The molecule has 3 heteroatoms. The molecule has 0 aliphatic carbocycles. The first-order valence-corrected chi connectivity index (χ1v) is 0.894. The van der Waals surface area contributed by atoms with E-state index < -0.39 is 0 Å². The molecule has 0 bridgehead atoms. The number of hydrogen-bond donors (Lipinski definition) is 2. The van der Waals surface area contributed by atoms with Crippen molar-refractivity contribution in [3.8, 4) is 0 Å². The molecule has 0 spiro atoms. The van der Waals surface area contributed by atoms with Crippen molar-refractivity contribution in [2.24, 2.45) is 0 Å². The molecule has 2 N–H and O–H groups in total. The predicted molar refractivity (Wildman–Crippen MR) is 29.1 cm³/mol. The van der Waals surface area contributed by atoms with Gasteiger partial charge in [0.2, 0.25) is 0 Å². The zero-order chi connectivity index (χ0) is 4.00. The van der Waals surface area contributed by atoms with Gasteiger partial charge in [0.1, 0.15) is 0 Å². The summed E-state index contributed by atoms with van der Waals surface area (Å²) in [4.78, 5) is 0. The van der Waals surface area contributed by atoms with Crippen LogP contribution in [0.25, 0.3) is 0 Å². The van der Waals surface area contributed by atoms with Crippen molar-refractivity contribution in [1.82, 2.24) is 0 Å². The van der Waals surface area contributed by atoms with Gasteiger partial charge in [0, 0.05) is 14.2 Å². The van der Waals surface area contributed by atoms with E-state index in [2.05, 4.69) is 0 Å². The number of hydrogen-bond acceptors (Lipinski definition) is 2. The van der Waals surface area contributed by atoms with E-state index in [0.717, 1.165) is 14.2 Å². The molecule has 0 atom stereocenters. The summed E-state index contributed by atoms with van der Waals surface area (Å²) < 4.78 is 0. The molecule has 0 aromatic carbocycles. The van der Waals surface area contributed by atoms with Crippen LogP contribution in [0, 0.1) is 14.9 Å². The number of aliphatic hydroxyl groups excluding tert-OH is 2. The van der Waals surface area contributed by atoms with Crippen LogP contribution in [-0.4, -0.2) is 24.4 Å². The Bertz CT molecular complexity index is 9.65. The molecule has 0 radical (unpaired) electrons. The summed E-state index contributed by atoms with van der Waals surface area (Å²) in [5.41, 5.74) is 0.